The molecule has 0 unspecified atom stereocenters. The van der Waals surface area contributed by atoms with E-state index in [1.807, 2.05) is 31.2 Å². The van der Waals surface area contributed by atoms with E-state index in [2.05, 4.69) is 26.1 Å². The summed E-state index contributed by atoms with van der Waals surface area (Å²) in [6.45, 7) is 1.86. The predicted octanol–water partition coefficient (Wildman–Crippen LogP) is 4.70. The number of methoxy groups -OCH3 is 1. The summed E-state index contributed by atoms with van der Waals surface area (Å²) >= 11 is 4.93. The van der Waals surface area contributed by atoms with Crippen LogP contribution in [0.2, 0.25) is 0 Å². The fourth-order valence-corrected chi connectivity index (χ4v) is 3.13. The van der Waals surface area contributed by atoms with E-state index in [-0.39, 0.29) is 0 Å². The molecule has 3 aromatic rings. The van der Waals surface area contributed by atoms with Gasteiger partial charge in [-0.2, -0.15) is 0 Å². The lowest BCUT2D eigenvalue weighted by atomic mass is 10.2. The van der Waals surface area contributed by atoms with E-state index in [4.69, 9.17) is 13.6 Å². The van der Waals surface area contributed by atoms with Gasteiger partial charge in [0.2, 0.25) is 0 Å². The summed E-state index contributed by atoms with van der Waals surface area (Å²) in [4.78, 5) is 0. The lowest BCUT2D eigenvalue weighted by Gasteiger charge is -2.07. The third-order valence-corrected chi connectivity index (χ3v) is 4.45. The zero-order chi connectivity index (χ0) is 15.5. The summed E-state index contributed by atoms with van der Waals surface area (Å²) < 4.78 is 17.3. The van der Waals surface area contributed by atoms with E-state index in [0.717, 1.165) is 27.1 Å². The number of hydrogen-bond donors (Lipinski definition) is 0. The van der Waals surface area contributed by atoms with E-state index in [1.165, 1.54) is 11.8 Å². The molecule has 1 aromatic carbocycles. The first kappa shape index (κ1) is 15.2. The quantitative estimate of drug-likeness (QED) is 0.597. The van der Waals surface area contributed by atoms with E-state index < -0.39 is 0 Å². The maximum Gasteiger partial charge on any atom is 0.277 e. The number of halogens is 1. The maximum atomic E-state index is 5.66. The van der Waals surface area contributed by atoms with Gasteiger partial charge in [0, 0.05) is 15.8 Å². The molecule has 0 aliphatic heterocycles. The Balaban J connectivity index is 1.74. The largest absolute Gasteiger partial charge is 0.496 e. The van der Waals surface area contributed by atoms with Crippen molar-refractivity contribution >= 4 is 27.7 Å². The third-order valence-electron chi connectivity index (χ3n) is 3.09. The number of benzene rings is 1. The number of thioether (sulfide) groups is 1. The number of nitrogens with zero attached hydrogens (tertiary/aromatic N) is 2. The molecule has 0 bridgehead atoms. The molecule has 0 aliphatic carbocycles. The first-order valence-corrected chi connectivity index (χ1v) is 8.28. The van der Waals surface area contributed by atoms with Gasteiger partial charge in [0.1, 0.15) is 11.5 Å². The molecule has 3 rings (SSSR count). The predicted molar refractivity (Wildman–Crippen MR) is 87.0 cm³/mol. The van der Waals surface area contributed by atoms with E-state index in [1.54, 1.807) is 13.4 Å². The number of rotatable bonds is 5. The van der Waals surface area contributed by atoms with Crippen LogP contribution in [0.15, 0.2) is 49.1 Å². The van der Waals surface area contributed by atoms with Crippen LogP contribution in [0.5, 0.6) is 5.75 Å². The van der Waals surface area contributed by atoms with Gasteiger partial charge in [-0.3, -0.25) is 0 Å². The minimum Gasteiger partial charge on any atom is -0.496 e. The van der Waals surface area contributed by atoms with Crippen molar-refractivity contribution in [2.24, 2.45) is 0 Å². The molecule has 5 nitrogen and oxygen atoms in total. The highest BCUT2D eigenvalue weighted by molar-refractivity contribution is 9.10. The Morgan fingerprint density at radius 3 is 2.86 bits per heavy atom. The molecular formula is C15H13BrN2O3S. The van der Waals surface area contributed by atoms with E-state index in [0.29, 0.717) is 16.9 Å². The van der Waals surface area contributed by atoms with Crippen LogP contribution in [-0.2, 0) is 5.75 Å². The molecule has 114 valence electrons. The van der Waals surface area contributed by atoms with Crippen LogP contribution in [-0.4, -0.2) is 17.3 Å². The van der Waals surface area contributed by atoms with Crippen LogP contribution in [0.25, 0.3) is 11.5 Å². The minimum atomic E-state index is 0.468. The average Bonchev–Trinajstić information content (AvgIpc) is 3.13. The number of aryl methyl sites for hydroxylation is 1. The summed E-state index contributed by atoms with van der Waals surface area (Å²) in [5, 5.41) is 8.62. The van der Waals surface area contributed by atoms with Crippen molar-refractivity contribution in [3.8, 4) is 17.2 Å². The van der Waals surface area contributed by atoms with Gasteiger partial charge >= 0.3 is 0 Å². The van der Waals surface area contributed by atoms with Crippen LogP contribution in [0.1, 0.15) is 11.3 Å². The molecule has 22 heavy (non-hydrogen) atoms. The topological polar surface area (TPSA) is 61.3 Å². The zero-order valence-electron chi connectivity index (χ0n) is 12.0. The Hall–Kier alpha value is -1.73. The number of aromatic nitrogens is 2. The van der Waals surface area contributed by atoms with Crippen molar-refractivity contribution in [1.29, 1.82) is 0 Å². The molecule has 0 amide bonds. The van der Waals surface area contributed by atoms with Crippen molar-refractivity contribution in [3.05, 3.63) is 46.3 Å². The SMILES string of the molecule is COc1ccc(Br)cc1CSc1nnc(-c2ccoc2C)o1. The fraction of sp³-hybridized carbons (Fsp3) is 0.200. The first-order valence-electron chi connectivity index (χ1n) is 6.50. The van der Waals surface area contributed by atoms with Crippen molar-refractivity contribution in [1.82, 2.24) is 10.2 Å². The normalized spacial score (nSPS) is 10.9. The van der Waals surface area contributed by atoms with Gasteiger partial charge in [0.25, 0.3) is 11.1 Å². The van der Waals surface area contributed by atoms with Gasteiger partial charge in [-0.05, 0) is 31.2 Å². The third kappa shape index (κ3) is 3.20. The smallest absolute Gasteiger partial charge is 0.277 e. The second kappa shape index (κ2) is 6.58. The molecule has 7 heteroatoms. The van der Waals surface area contributed by atoms with Gasteiger partial charge in [-0.15, -0.1) is 10.2 Å². The zero-order valence-corrected chi connectivity index (χ0v) is 14.4. The van der Waals surface area contributed by atoms with Crippen molar-refractivity contribution in [2.45, 2.75) is 17.9 Å². The Bertz CT molecular complexity index is 785. The van der Waals surface area contributed by atoms with Crippen LogP contribution >= 0.6 is 27.7 Å². The Morgan fingerprint density at radius 1 is 1.27 bits per heavy atom. The van der Waals surface area contributed by atoms with Gasteiger partial charge in [0.15, 0.2) is 0 Å². The maximum absolute atomic E-state index is 5.66. The Labute approximate surface area is 140 Å². The van der Waals surface area contributed by atoms with Gasteiger partial charge in [-0.1, -0.05) is 27.7 Å². The molecule has 0 atom stereocenters. The highest BCUT2D eigenvalue weighted by Gasteiger charge is 2.14. The molecule has 0 radical (unpaired) electrons. The van der Waals surface area contributed by atoms with E-state index >= 15 is 0 Å². The van der Waals surface area contributed by atoms with Crippen molar-refractivity contribution < 1.29 is 13.6 Å². The molecule has 0 fully saturated rings. The molecule has 0 N–H and O–H groups in total. The van der Waals surface area contributed by atoms with Gasteiger partial charge < -0.3 is 13.6 Å². The summed E-state index contributed by atoms with van der Waals surface area (Å²) in [5.74, 6) is 2.74. The molecule has 0 saturated carbocycles. The summed E-state index contributed by atoms with van der Waals surface area (Å²) in [5.41, 5.74) is 1.88. The van der Waals surface area contributed by atoms with Crippen LogP contribution in [0.4, 0.5) is 0 Å². The van der Waals surface area contributed by atoms with Crippen molar-refractivity contribution in [2.75, 3.05) is 7.11 Å². The van der Waals surface area contributed by atoms with Gasteiger partial charge in [-0.25, -0.2) is 0 Å². The minimum absolute atomic E-state index is 0.468. The number of hydrogen-bond acceptors (Lipinski definition) is 6. The standard InChI is InChI=1S/C15H13BrN2O3S/c1-9-12(5-6-20-9)14-17-18-15(21-14)22-8-10-7-11(16)3-4-13(10)19-2/h3-7H,8H2,1-2H3. The monoisotopic (exact) mass is 380 g/mol. The van der Waals surface area contributed by atoms with Crippen LogP contribution in [0, 0.1) is 6.92 Å². The van der Waals surface area contributed by atoms with Crippen molar-refractivity contribution in [3.63, 3.8) is 0 Å². The molecule has 0 aliphatic rings. The number of furan rings is 1. The second-order valence-electron chi connectivity index (χ2n) is 4.51. The first-order chi connectivity index (χ1) is 10.7. The Morgan fingerprint density at radius 2 is 2.14 bits per heavy atom. The van der Waals surface area contributed by atoms with Crippen LogP contribution in [0.3, 0.4) is 0 Å². The van der Waals surface area contributed by atoms with Crippen LogP contribution < -0.4 is 4.74 Å². The summed E-state index contributed by atoms with van der Waals surface area (Å²) in [7, 11) is 1.66. The molecular weight excluding hydrogens is 368 g/mol. The fourth-order valence-electron chi connectivity index (χ4n) is 1.98. The second-order valence-corrected chi connectivity index (χ2v) is 6.35. The number of ether oxygens (including phenoxy) is 1. The highest BCUT2D eigenvalue weighted by Crippen LogP contribution is 2.31. The van der Waals surface area contributed by atoms with E-state index in [9.17, 15) is 0 Å². The summed E-state index contributed by atoms with van der Waals surface area (Å²) in [6, 6.07) is 7.70. The molecule has 0 spiro atoms. The molecule has 2 heterocycles. The average molecular weight is 381 g/mol. The molecule has 2 aromatic heterocycles. The lowest BCUT2D eigenvalue weighted by Crippen LogP contribution is -1.90. The Kier molecular flexibility index (Phi) is 4.54. The highest BCUT2D eigenvalue weighted by atomic mass is 79.9. The summed E-state index contributed by atoms with van der Waals surface area (Å²) in [6.07, 6.45) is 1.61. The lowest BCUT2D eigenvalue weighted by molar-refractivity contribution is 0.411. The van der Waals surface area contributed by atoms with Gasteiger partial charge in [0.05, 0.1) is 18.9 Å². The molecule has 0 saturated heterocycles.